The average molecular weight is 371 g/mol. The molecule has 0 bridgehead atoms. The monoisotopic (exact) mass is 371 g/mol. The van der Waals surface area contributed by atoms with Gasteiger partial charge in [-0.05, 0) is 35.4 Å². The van der Waals surface area contributed by atoms with Gasteiger partial charge < -0.3 is 15.3 Å². The van der Waals surface area contributed by atoms with Crippen LogP contribution in [0.25, 0.3) is 11.1 Å². The highest BCUT2D eigenvalue weighted by Crippen LogP contribution is 2.35. The number of hydrogen-bond donors (Lipinski definition) is 2. The minimum Gasteiger partial charge on any atom is -0.506 e. The van der Waals surface area contributed by atoms with Crippen molar-refractivity contribution in [2.75, 3.05) is 25.1 Å². The number of hydrogen-bond acceptors (Lipinski definition) is 4. The number of phenolic OH excluding ortho intramolecular Hbond substituents is 1. The summed E-state index contributed by atoms with van der Waals surface area (Å²) in [6.45, 7) is 0.522. The first-order chi connectivity index (χ1) is 12.9. The molecule has 140 valence electrons. The molecule has 1 amide bonds. The number of fused-ring (bicyclic) bond motifs is 1. The summed E-state index contributed by atoms with van der Waals surface area (Å²) in [5.41, 5.74) is 3.37. The van der Waals surface area contributed by atoms with E-state index < -0.39 is 5.92 Å². The zero-order chi connectivity index (χ0) is 19.0. The summed E-state index contributed by atoms with van der Waals surface area (Å²) in [5.74, 6) is -2.82. The van der Waals surface area contributed by atoms with Crippen LogP contribution < -0.4 is 5.32 Å². The highest BCUT2D eigenvalue weighted by molar-refractivity contribution is 5.97. The number of benzene rings is 2. The number of rotatable bonds is 2. The Morgan fingerprint density at radius 2 is 1.93 bits per heavy atom. The quantitative estimate of drug-likeness (QED) is 0.791. The predicted molar refractivity (Wildman–Crippen MR) is 99.7 cm³/mol. The van der Waals surface area contributed by atoms with E-state index in [-0.39, 0.29) is 37.6 Å². The molecule has 2 heterocycles. The summed E-state index contributed by atoms with van der Waals surface area (Å²) in [6.07, 6.45) is 1.09. The fourth-order valence-corrected chi connectivity index (χ4v) is 3.43. The summed E-state index contributed by atoms with van der Waals surface area (Å²) in [4.78, 5) is 18.3. The molecule has 2 aromatic carbocycles. The number of amides is 1. The van der Waals surface area contributed by atoms with Crippen molar-refractivity contribution in [2.24, 2.45) is 4.99 Å². The van der Waals surface area contributed by atoms with Gasteiger partial charge in [-0.25, -0.2) is 8.78 Å². The van der Waals surface area contributed by atoms with Crippen LogP contribution >= 0.6 is 0 Å². The van der Waals surface area contributed by atoms with Crippen LogP contribution in [0.4, 0.5) is 14.5 Å². The number of carbonyl (C=O) groups excluding carboxylic acids is 1. The summed E-state index contributed by atoms with van der Waals surface area (Å²) >= 11 is 0. The van der Waals surface area contributed by atoms with E-state index in [1.165, 1.54) is 4.90 Å². The van der Waals surface area contributed by atoms with Gasteiger partial charge in [0, 0.05) is 43.3 Å². The number of piperidine rings is 1. The van der Waals surface area contributed by atoms with E-state index in [0.29, 0.717) is 17.9 Å². The van der Waals surface area contributed by atoms with Gasteiger partial charge in [0.1, 0.15) is 12.4 Å². The molecule has 1 fully saturated rings. The van der Waals surface area contributed by atoms with Crippen molar-refractivity contribution in [1.29, 1.82) is 0 Å². The van der Waals surface area contributed by atoms with E-state index in [1.807, 2.05) is 12.1 Å². The molecule has 0 aromatic heterocycles. The van der Waals surface area contributed by atoms with Crippen LogP contribution in [-0.4, -0.2) is 47.8 Å². The molecule has 0 spiro atoms. The first kappa shape index (κ1) is 17.5. The number of halogens is 2. The highest BCUT2D eigenvalue weighted by Gasteiger charge is 2.35. The smallest absolute Gasteiger partial charge is 0.253 e. The Hall–Kier alpha value is -2.96. The molecular formula is C20H19F2N3O2. The van der Waals surface area contributed by atoms with E-state index in [9.17, 15) is 18.7 Å². The summed E-state index contributed by atoms with van der Waals surface area (Å²) < 4.78 is 26.7. The third-order valence-corrected chi connectivity index (χ3v) is 4.95. The first-order valence-corrected chi connectivity index (χ1v) is 8.81. The summed E-state index contributed by atoms with van der Waals surface area (Å²) in [6, 6.07) is 10.5. The number of aromatic hydroxyl groups is 1. The normalized spacial score (nSPS) is 17.9. The molecular weight excluding hydrogens is 352 g/mol. The van der Waals surface area contributed by atoms with Crippen molar-refractivity contribution in [2.45, 2.75) is 18.8 Å². The topological polar surface area (TPSA) is 64.9 Å². The lowest BCUT2D eigenvalue weighted by atomic mass is 9.98. The van der Waals surface area contributed by atoms with Crippen molar-refractivity contribution < 1.29 is 18.7 Å². The minimum absolute atomic E-state index is 0.0534. The van der Waals surface area contributed by atoms with Crippen LogP contribution in [0.3, 0.4) is 0 Å². The first-order valence-electron chi connectivity index (χ1n) is 8.81. The Balaban J connectivity index is 1.61. The average Bonchev–Trinajstić information content (AvgIpc) is 2.67. The Labute approximate surface area is 155 Å². The number of nitrogens with one attached hydrogen (secondary N) is 1. The van der Waals surface area contributed by atoms with Crippen LogP contribution in [0, 0.1) is 0 Å². The van der Waals surface area contributed by atoms with Crippen LogP contribution in [0.2, 0.25) is 0 Å². The lowest BCUT2D eigenvalue weighted by Gasteiger charge is -2.31. The van der Waals surface area contributed by atoms with Gasteiger partial charge >= 0.3 is 0 Å². The van der Waals surface area contributed by atoms with Crippen molar-refractivity contribution in [3.05, 3.63) is 47.5 Å². The van der Waals surface area contributed by atoms with Crippen LogP contribution in [0.15, 0.2) is 41.4 Å². The number of aliphatic imine (C=N–C) groups is 1. The van der Waals surface area contributed by atoms with Gasteiger partial charge in [-0.15, -0.1) is 0 Å². The van der Waals surface area contributed by atoms with Gasteiger partial charge in [-0.1, -0.05) is 12.1 Å². The molecule has 4 rings (SSSR count). The van der Waals surface area contributed by atoms with E-state index >= 15 is 0 Å². The number of carbonyl (C=O) groups is 1. The lowest BCUT2D eigenvalue weighted by Crippen LogP contribution is -2.42. The zero-order valence-corrected chi connectivity index (χ0v) is 14.6. The maximum atomic E-state index is 13.3. The number of likely N-dealkylation sites (tertiary alicyclic amines) is 1. The van der Waals surface area contributed by atoms with Crippen molar-refractivity contribution in [1.82, 2.24) is 4.90 Å². The van der Waals surface area contributed by atoms with Crippen molar-refractivity contribution in [3.63, 3.8) is 0 Å². The lowest BCUT2D eigenvalue weighted by molar-refractivity contribution is -0.0494. The fraction of sp³-hybridized carbons (Fsp3) is 0.300. The second-order valence-electron chi connectivity index (χ2n) is 6.84. The van der Waals surface area contributed by atoms with Gasteiger partial charge in [0.2, 0.25) is 0 Å². The molecule has 2 aromatic rings. The van der Waals surface area contributed by atoms with Gasteiger partial charge in [-0.2, -0.15) is 0 Å². The minimum atomic E-state index is -2.69. The second-order valence-corrected chi connectivity index (χ2v) is 6.84. The second kappa shape index (κ2) is 6.64. The van der Waals surface area contributed by atoms with Crippen molar-refractivity contribution >= 4 is 17.8 Å². The SMILES string of the molecule is O=C(c1cccc(-c2cc(O)c3c(c2)C=NCN3)c1)N1CCC(F)(F)CC1. The van der Waals surface area contributed by atoms with E-state index in [0.717, 1.165) is 16.7 Å². The third kappa shape index (κ3) is 3.49. The molecule has 5 nitrogen and oxygen atoms in total. The van der Waals surface area contributed by atoms with E-state index in [4.69, 9.17) is 0 Å². The van der Waals surface area contributed by atoms with Crippen LogP contribution in [0.5, 0.6) is 5.75 Å². The number of anilines is 1. The van der Waals surface area contributed by atoms with Gasteiger partial charge in [0.15, 0.2) is 0 Å². The van der Waals surface area contributed by atoms with Crippen molar-refractivity contribution in [3.8, 4) is 16.9 Å². The molecule has 2 aliphatic rings. The van der Waals surface area contributed by atoms with Crippen LogP contribution in [-0.2, 0) is 0 Å². The zero-order valence-electron chi connectivity index (χ0n) is 14.6. The Bertz CT molecular complexity index is 917. The molecule has 2 aliphatic heterocycles. The van der Waals surface area contributed by atoms with Crippen LogP contribution in [0.1, 0.15) is 28.8 Å². The largest absolute Gasteiger partial charge is 0.506 e. The fourth-order valence-electron chi connectivity index (χ4n) is 3.43. The molecule has 0 saturated carbocycles. The number of nitrogens with zero attached hydrogens (tertiary/aromatic N) is 2. The standard InChI is InChI=1S/C20H19F2N3O2/c21-20(22)4-6-25(7-5-20)19(27)14-3-1-2-13(8-14)15-9-16-11-23-12-24-18(16)17(26)10-15/h1-3,8-11,24,26H,4-7,12H2. The Morgan fingerprint density at radius 1 is 1.15 bits per heavy atom. The number of alkyl halides is 2. The maximum Gasteiger partial charge on any atom is 0.253 e. The molecule has 2 N–H and O–H groups in total. The highest BCUT2D eigenvalue weighted by atomic mass is 19.3. The summed E-state index contributed by atoms with van der Waals surface area (Å²) in [7, 11) is 0. The van der Waals surface area contributed by atoms with Gasteiger partial charge in [-0.3, -0.25) is 9.79 Å². The molecule has 7 heteroatoms. The molecule has 0 radical (unpaired) electrons. The number of phenols is 1. The maximum absolute atomic E-state index is 13.3. The molecule has 0 aliphatic carbocycles. The van der Waals surface area contributed by atoms with E-state index in [1.54, 1.807) is 30.5 Å². The van der Waals surface area contributed by atoms with Gasteiger partial charge in [0.05, 0.1) is 5.69 Å². The molecule has 1 saturated heterocycles. The molecule has 0 atom stereocenters. The Morgan fingerprint density at radius 3 is 2.70 bits per heavy atom. The predicted octanol–water partition coefficient (Wildman–Crippen LogP) is 3.73. The van der Waals surface area contributed by atoms with E-state index in [2.05, 4.69) is 10.3 Å². The van der Waals surface area contributed by atoms with Gasteiger partial charge in [0.25, 0.3) is 11.8 Å². The molecule has 0 unspecified atom stereocenters. The third-order valence-electron chi connectivity index (χ3n) is 4.95. The Kier molecular flexibility index (Phi) is 4.30. The summed E-state index contributed by atoms with van der Waals surface area (Å²) in [5, 5.41) is 13.3. The molecule has 27 heavy (non-hydrogen) atoms.